The minimum Gasteiger partial charge on any atom is -0.324 e. The van der Waals surface area contributed by atoms with Crippen molar-refractivity contribution in [2.75, 3.05) is 11.9 Å². The highest BCUT2D eigenvalue weighted by Gasteiger charge is 2.18. The first-order valence-corrected chi connectivity index (χ1v) is 7.05. The Morgan fingerprint density at radius 1 is 1.50 bits per heavy atom. The fourth-order valence-corrected chi connectivity index (χ4v) is 2.34. The van der Waals surface area contributed by atoms with Gasteiger partial charge in [0.15, 0.2) is 0 Å². The predicted molar refractivity (Wildman–Crippen MR) is 87.3 cm³/mol. The van der Waals surface area contributed by atoms with Gasteiger partial charge in [0.05, 0.1) is 11.4 Å². The first kappa shape index (κ1) is 14.5. The number of hydrogen-bond donors (Lipinski definition) is 1. The molecule has 0 radical (unpaired) electrons. The second kappa shape index (κ2) is 6.48. The SMILES string of the molecule is C=C/C=C\C(=C/C)C1=NCC(=O)Nc2ccc(Br)cc21. The van der Waals surface area contributed by atoms with Gasteiger partial charge in [0.25, 0.3) is 0 Å². The third-order valence-electron chi connectivity index (χ3n) is 2.89. The van der Waals surface area contributed by atoms with Gasteiger partial charge in [0.2, 0.25) is 5.91 Å². The van der Waals surface area contributed by atoms with Crippen molar-refractivity contribution in [3.05, 3.63) is 64.7 Å². The van der Waals surface area contributed by atoms with Crippen LogP contribution >= 0.6 is 15.9 Å². The van der Waals surface area contributed by atoms with Gasteiger partial charge in [0.1, 0.15) is 6.54 Å². The number of benzodiazepines with no additional fused rings is 1. The number of benzene rings is 1. The highest BCUT2D eigenvalue weighted by Crippen LogP contribution is 2.26. The molecule has 1 heterocycles. The fourth-order valence-electron chi connectivity index (χ4n) is 1.98. The summed E-state index contributed by atoms with van der Waals surface area (Å²) in [5, 5.41) is 2.87. The van der Waals surface area contributed by atoms with Crippen LogP contribution in [0.15, 0.2) is 64.1 Å². The van der Waals surface area contributed by atoms with Gasteiger partial charge in [-0.2, -0.15) is 0 Å². The summed E-state index contributed by atoms with van der Waals surface area (Å²) < 4.78 is 0.947. The van der Waals surface area contributed by atoms with Crippen LogP contribution in [0.4, 0.5) is 5.69 Å². The van der Waals surface area contributed by atoms with Crippen LogP contribution in [0.2, 0.25) is 0 Å². The van der Waals surface area contributed by atoms with E-state index in [1.54, 1.807) is 6.08 Å². The maximum Gasteiger partial charge on any atom is 0.246 e. The van der Waals surface area contributed by atoms with E-state index >= 15 is 0 Å². The normalized spacial score (nSPS) is 15.4. The number of carbonyl (C=O) groups is 1. The van der Waals surface area contributed by atoms with Crippen LogP contribution in [0.3, 0.4) is 0 Å². The van der Waals surface area contributed by atoms with E-state index in [2.05, 4.69) is 32.8 Å². The van der Waals surface area contributed by atoms with Crippen molar-refractivity contribution < 1.29 is 4.79 Å². The number of nitrogens with one attached hydrogen (secondary N) is 1. The molecule has 1 aliphatic rings. The van der Waals surface area contributed by atoms with Crippen LogP contribution in [-0.4, -0.2) is 18.2 Å². The molecule has 0 atom stereocenters. The zero-order chi connectivity index (χ0) is 14.5. The Balaban J connectivity index is 2.57. The summed E-state index contributed by atoms with van der Waals surface area (Å²) in [7, 11) is 0. The average Bonchev–Trinajstić information content (AvgIpc) is 2.59. The number of allylic oxidation sites excluding steroid dienone is 5. The molecule has 1 aliphatic heterocycles. The molecule has 4 heteroatoms. The number of nitrogens with zero attached hydrogens (tertiary/aromatic N) is 1. The molecular weight excluding hydrogens is 316 g/mol. The summed E-state index contributed by atoms with van der Waals surface area (Å²) in [6.07, 6.45) is 7.48. The number of anilines is 1. The Morgan fingerprint density at radius 2 is 2.30 bits per heavy atom. The van der Waals surface area contributed by atoms with Gasteiger partial charge in [-0.25, -0.2) is 0 Å². The largest absolute Gasteiger partial charge is 0.324 e. The first-order valence-electron chi connectivity index (χ1n) is 6.25. The molecule has 1 N–H and O–H groups in total. The Morgan fingerprint density at radius 3 is 3.00 bits per heavy atom. The summed E-state index contributed by atoms with van der Waals surface area (Å²) in [6.45, 7) is 5.75. The van der Waals surface area contributed by atoms with Gasteiger partial charge in [-0.05, 0) is 30.7 Å². The summed E-state index contributed by atoms with van der Waals surface area (Å²) in [5.74, 6) is -0.105. The van der Waals surface area contributed by atoms with Crippen molar-refractivity contribution in [3.63, 3.8) is 0 Å². The molecule has 20 heavy (non-hydrogen) atoms. The maximum absolute atomic E-state index is 11.7. The lowest BCUT2D eigenvalue weighted by molar-refractivity contribution is -0.114. The van der Waals surface area contributed by atoms with Crippen molar-refractivity contribution in [1.82, 2.24) is 0 Å². The highest BCUT2D eigenvalue weighted by atomic mass is 79.9. The molecule has 0 unspecified atom stereocenters. The second-order valence-electron chi connectivity index (χ2n) is 4.24. The topological polar surface area (TPSA) is 41.5 Å². The third-order valence-corrected chi connectivity index (χ3v) is 3.38. The molecule has 0 aliphatic carbocycles. The average molecular weight is 331 g/mol. The number of carbonyl (C=O) groups excluding carboxylic acids is 1. The van der Waals surface area contributed by atoms with E-state index in [0.717, 1.165) is 27.0 Å². The molecule has 0 saturated carbocycles. The molecule has 0 bridgehead atoms. The van der Waals surface area contributed by atoms with Crippen LogP contribution in [0.5, 0.6) is 0 Å². The zero-order valence-corrected chi connectivity index (χ0v) is 12.8. The maximum atomic E-state index is 11.7. The lowest BCUT2D eigenvalue weighted by Gasteiger charge is -2.11. The van der Waals surface area contributed by atoms with Crippen LogP contribution in [0.1, 0.15) is 12.5 Å². The number of amides is 1. The summed E-state index contributed by atoms with van der Waals surface area (Å²) in [5.41, 5.74) is 3.45. The van der Waals surface area contributed by atoms with E-state index in [0.29, 0.717) is 0 Å². The van der Waals surface area contributed by atoms with Gasteiger partial charge in [-0.15, -0.1) is 0 Å². The standard InChI is InChI=1S/C16H15BrN2O/c1-3-5-6-11(4-2)16-13-9-12(17)7-8-14(13)19-15(20)10-18-16/h3-9H,1,10H2,2H3,(H,19,20)/b6-5-,11-4+. The predicted octanol–water partition coefficient (Wildman–Crippen LogP) is 3.88. The van der Waals surface area contributed by atoms with Crippen molar-refractivity contribution >= 4 is 33.2 Å². The van der Waals surface area contributed by atoms with Crippen LogP contribution in [-0.2, 0) is 4.79 Å². The number of hydrogen-bond acceptors (Lipinski definition) is 2. The molecule has 3 nitrogen and oxygen atoms in total. The molecule has 1 aromatic rings. The number of aliphatic imine (C=N–C) groups is 1. The molecule has 0 saturated heterocycles. The summed E-state index contributed by atoms with van der Waals surface area (Å²) in [4.78, 5) is 16.2. The van der Waals surface area contributed by atoms with Crippen molar-refractivity contribution in [1.29, 1.82) is 0 Å². The molecule has 1 amide bonds. The van der Waals surface area contributed by atoms with Crippen molar-refractivity contribution in [2.45, 2.75) is 6.92 Å². The Bertz CT molecular complexity index is 642. The zero-order valence-electron chi connectivity index (χ0n) is 11.2. The van der Waals surface area contributed by atoms with Gasteiger partial charge >= 0.3 is 0 Å². The summed E-state index contributed by atoms with van der Waals surface area (Å²) in [6, 6.07) is 5.74. The number of fused-ring (bicyclic) bond motifs is 1. The minimum absolute atomic E-state index is 0.105. The third kappa shape index (κ3) is 3.14. The van der Waals surface area contributed by atoms with Gasteiger partial charge in [-0.1, -0.05) is 46.8 Å². The van der Waals surface area contributed by atoms with Crippen LogP contribution < -0.4 is 5.32 Å². The molecule has 2 rings (SSSR count). The second-order valence-corrected chi connectivity index (χ2v) is 5.16. The van der Waals surface area contributed by atoms with Gasteiger partial charge in [0, 0.05) is 10.0 Å². The van der Waals surface area contributed by atoms with E-state index in [1.165, 1.54) is 0 Å². The minimum atomic E-state index is -0.105. The smallest absolute Gasteiger partial charge is 0.246 e. The fraction of sp³-hybridized carbons (Fsp3) is 0.125. The van der Waals surface area contributed by atoms with Gasteiger partial charge in [-0.3, -0.25) is 9.79 Å². The van der Waals surface area contributed by atoms with E-state index in [1.807, 2.05) is 43.4 Å². The van der Waals surface area contributed by atoms with Crippen LogP contribution in [0, 0.1) is 0 Å². The lowest BCUT2D eigenvalue weighted by Crippen LogP contribution is -2.13. The first-order chi connectivity index (χ1) is 9.65. The monoisotopic (exact) mass is 330 g/mol. The molecule has 1 aromatic carbocycles. The molecular formula is C16H15BrN2O. The van der Waals surface area contributed by atoms with E-state index in [-0.39, 0.29) is 12.5 Å². The quantitative estimate of drug-likeness (QED) is 0.839. The Hall–Kier alpha value is -1.94. The molecule has 102 valence electrons. The molecule has 0 aromatic heterocycles. The summed E-state index contributed by atoms with van der Waals surface area (Å²) >= 11 is 3.46. The van der Waals surface area contributed by atoms with Crippen LogP contribution in [0.25, 0.3) is 0 Å². The Labute approximate surface area is 126 Å². The van der Waals surface area contributed by atoms with E-state index in [9.17, 15) is 4.79 Å². The van der Waals surface area contributed by atoms with Gasteiger partial charge < -0.3 is 5.32 Å². The Kier molecular flexibility index (Phi) is 4.69. The van der Waals surface area contributed by atoms with E-state index in [4.69, 9.17) is 0 Å². The van der Waals surface area contributed by atoms with Crippen molar-refractivity contribution in [2.24, 2.45) is 4.99 Å². The van der Waals surface area contributed by atoms with E-state index < -0.39 is 0 Å². The molecule has 0 spiro atoms. The highest BCUT2D eigenvalue weighted by molar-refractivity contribution is 9.10. The number of rotatable bonds is 3. The molecule has 0 fully saturated rings. The number of halogens is 1. The van der Waals surface area contributed by atoms with Crippen molar-refractivity contribution in [3.8, 4) is 0 Å². The lowest BCUT2D eigenvalue weighted by atomic mass is 10.00.